The minimum atomic E-state index is -0.822. The van der Waals surface area contributed by atoms with Gasteiger partial charge in [-0.15, -0.1) is 0 Å². The molecule has 0 radical (unpaired) electrons. The zero-order chi connectivity index (χ0) is 12.5. The summed E-state index contributed by atoms with van der Waals surface area (Å²) in [6.07, 6.45) is 3.38. The third-order valence-corrected chi connectivity index (χ3v) is 2.70. The number of pyridine rings is 1. The molecule has 1 aliphatic heterocycles. The molecule has 1 aromatic rings. The maximum atomic E-state index is 12.1. The lowest BCUT2D eigenvalue weighted by atomic mass is 10.00. The SMILES string of the molecule is CC1(C)NC(=O)CN(Cc2cccnc2)C1=O. The fourth-order valence-electron chi connectivity index (χ4n) is 1.92. The van der Waals surface area contributed by atoms with Crippen molar-refractivity contribution in [2.24, 2.45) is 0 Å². The van der Waals surface area contributed by atoms with Crippen molar-refractivity contribution in [3.05, 3.63) is 30.1 Å². The zero-order valence-electron chi connectivity index (χ0n) is 9.93. The van der Waals surface area contributed by atoms with Crippen LogP contribution in [0.5, 0.6) is 0 Å². The third kappa shape index (κ3) is 2.43. The summed E-state index contributed by atoms with van der Waals surface area (Å²) in [5.74, 6) is -0.195. The molecule has 17 heavy (non-hydrogen) atoms. The van der Waals surface area contributed by atoms with E-state index in [2.05, 4.69) is 10.3 Å². The lowest BCUT2D eigenvalue weighted by molar-refractivity contribution is -0.148. The topological polar surface area (TPSA) is 62.3 Å². The van der Waals surface area contributed by atoms with Crippen molar-refractivity contribution in [2.75, 3.05) is 6.54 Å². The highest BCUT2D eigenvalue weighted by molar-refractivity contribution is 5.97. The Labute approximate surface area is 99.8 Å². The highest BCUT2D eigenvalue weighted by Crippen LogP contribution is 2.15. The first-order valence-electron chi connectivity index (χ1n) is 5.48. The van der Waals surface area contributed by atoms with E-state index in [0.717, 1.165) is 5.56 Å². The maximum absolute atomic E-state index is 12.1. The number of amides is 2. The Bertz CT molecular complexity index is 442. The van der Waals surface area contributed by atoms with Crippen LogP contribution in [0.4, 0.5) is 0 Å². The second-order valence-electron chi connectivity index (χ2n) is 4.70. The molecule has 1 aliphatic rings. The van der Waals surface area contributed by atoms with E-state index in [0.29, 0.717) is 6.54 Å². The monoisotopic (exact) mass is 233 g/mol. The molecule has 5 heteroatoms. The van der Waals surface area contributed by atoms with Crippen LogP contribution in [-0.2, 0) is 16.1 Å². The van der Waals surface area contributed by atoms with Crippen LogP contribution >= 0.6 is 0 Å². The Balaban J connectivity index is 2.15. The minimum Gasteiger partial charge on any atom is -0.341 e. The molecule has 1 saturated heterocycles. The number of piperazine rings is 1. The van der Waals surface area contributed by atoms with Gasteiger partial charge in [-0.1, -0.05) is 6.07 Å². The third-order valence-electron chi connectivity index (χ3n) is 2.70. The Morgan fingerprint density at radius 2 is 2.24 bits per heavy atom. The van der Waals surface area contributed by atoms with E-state index >= 15 is 0 Å². The summed E-state index contributed by atoms with van der Waals surface area (Å²) in [6, 6.07) is 3.70. The van der Waals surface area contributed by atoms with Crippen LogP contribution in [0.1, 0.15) is 19.4 Å². The van der Waals surface area contributed by atoms with E-state index in [-0.39, 0.29) is 18.4 Å². The van der Waals surface area contributed by atoms with Crippen LogP contribution in [-0.4, -0.2) is 33.8 Å². The summed E-state index contributed by atoms with van der Waals surface area (Å²) in [5.41, 5.74) is 0.101. The Morgan fingerprint density at radius 1 is 1.47 bits per heavy atom. The summed E-state index contributed by atoms with van der Waals surface area (Å²) in [4.78, 5) is 29.1. The van der Waals surface area contributed by atoms with Gasteiger partial charge in [-0.2, -0.15) is 0 Å². The summed E-state index contributed by atoms with van der Waals surface area (Å²) >= 11 is 0. The molecule has 0 aliphatic carbocycles. The van der Waals surface area contributed by atoms with Crippen LogP contribution in [0.2, 0.25) is 0 Å². The number of aromatic nitrogens is 1. The lowest BCUT2D eigenvalue weighted by Crippen LogP contribution is -2.63. The number of carbonyl (C=O) groups excluding carboxylic acids is 2. The lowest BCUT2D eigenvalue weighted by Gasteiger charge is -2.37. The highest BCUT2D eigenvalue weighted by atomic mass is 16.2. The van der Waals surface area contributed by atoms with Crippen LogP contribution in [0.15, 0.2) is 24.5 Å². The van der Waals surface area contributed by atoms with E-state index in [1.807, 2.05) is 12.1 Å². The van der Waals surface area contributed by atoms with Crippen LogP contribution < -0.4 is 5.32 Å². The van der Waals surface area contributed by atoms with Gasteiger partial charge in [-0.05, 0) is 25.5 Å². The molecule has 0 unspecified atom stereocenters. The smallest absolute Gasteiger partial charge is 0.248 e. The molecule has 1 fully saturated rings. The highest BCUT2D eigenvalue weighted by Gasteiger charge is 2.38. The van der Waals surface area contributed by atoms with Crippen LogP contribution in [0, 0.1) is 0 Å². The van der Waals surface area contributed by atoms with Gasteiger partial charge in [0.15, 0.2) is 0 Å². The predicted octanol–water partition coefficient (Wildman–Crippen LogP) is 0.319. The van der Waals surface area contributed by atoms with E-state index in [9.17, 15) is 9.59 Å². The molecule has 2 amide bonds. The van der Waals surface area contributed by atoms with E-state index in [4.69, 9.17) is 0 Å². The van der Waals surface area contributed by atoms with Gasteiger partial charge < -0.3 is 10.2 Å². The van der Waals surface area contributed by atoms with Gasteiger partial charge in [-0.25, -0.2) is 0 Å². The van der Waals surface area contributed by atoms with Crippen molar-refractivity contribution in [1.29, 1.82) is 0 Å². The van der Waals surface area contributed by atoms with Gasteiger partial charge in [0.2, 0.25) is 11.8 Å². The molecular formula is C12H15N3O2. The molecule has 2 heterocycles. The van der Waals surface area contributed by atoms with Crippen molar-refractivity contribution in [1.82, 2.24) is 15.2 Å². The average Bonchev–Trinajstić information content (AvgIpc) is 2.26. The summed E-state index contributed by atoms with van der Waals surface area (Å²) in [5, 5.41) is 2.68. The van der Waals surface area contributed by atoms with Crippen LogP contribution in [0.25, 0.3) is 0 Å². The molecule has 0 spiro atoms. The van der Waals surface area contributed by atoms with Crippen molar-refractivity contribution in [3.8, 4) is 0 Å². The molecule has 1 aromatic heterocycles. The normalized spacial score (nSPS) is 19.1. The number of rotatable bonds is 2. The number of hydrogen-bond acceptors (Lipinski definition) is 3. The first-order valence-corrected chi connectivity index (χ1v) is 5.48. The molecule has 0 aromatic carbocycles. The number of carbonyl (C=O) groups is 2. The van der Waals surface area contributed by atoms with Gasteiger partial charge in [0.25, 0.3) is 0 Å². The van der Waals surface area contributed by atoms with Gasteiger partial charge in [0.05, 0.1) is 6.54 Å². The molecule has 0 saturated carbocycles. The Hall–Kier alpha value is -1.91. The predicted molar refractivity (Wildman–Crippen MR) is 61.9 cm³/mol. The molecule has 5 nitrogen and oxygen atoms in total. The van der Waals surface area contributed by atoms with Crippen molar-refractivity contribution in [2.45, 2.75) is 25.9 Å². The van der Waals surface area contributed by atoms with Gasteiger partial charge >= 0.3 is 0 Å². The van der Waals surface area contributed by atoms with Gasteiger partial charge in [-0.3, -0.25) is 14.6 Å². The van der Waals surface area contributed by atoms with Crippen molar-refractivity contribution < 1.29 is 9.59 Å². The molecule has 1 N–H and O–H groups in total. The number of hydrogen-bond donors (Lipinski definition) is 1. The molecule has 0 atom stereocenters. The van der Waals surface area contributed by atoms with Gasteiger partial charge in [0.1, 0.15) is 5.54 Å². The van der Waals surface area contributed by atoms with Crippen molar-refractivity contribution >= 4 is 11.8 Å². The average molecular weight is 233 g/mol. The molecule has 2 rings (SSSR count). The Kier molecular flexibility index (Phi) is 2.83. The molecule has 0 bridgehead atoms. The van der Waals surface area contributed by atoms with Gasteiger partial charge in [0, 0.05) is 18.9 Å². The molecule has 90 valence electrons. The summed E-state index contributed by atoms with van der Waals surface area (Å²) in [7, 11) is 0. The van der Waals surface area contributed by atoms with Crippen molar-refractivity contribution in [3.63, 3.8) is 0 Å². The van der Waals surface area contributed by atoms with E-state index < -0.39 is 5.54 Å². The maximum Gasteiger partial charge on any atom is 0.248 e. The largest absolute Gasteiger partial charge is 0.341 e. The first-order chi connectivity index (χ1) is 7.99. The summed E-state index contributed by atoms with van der Waals surface area (Å²) in [6.45, 7) is 3.95. The number of nitrogens with zero attached hydrogens (tertiary/aromatic N) is 2. The van der Waals surface area contributed by atoms with E-state index in [1.54, 1.807) is 31.1 Å². The second kappa shape index (κ2) is 4.16. The molecular weight excluding hydrogens is 218 g/mol. The summed E-state index contributed by atoms with van der Waals surface area (Å²) < 4.78 is 0. The fourth-order valence-corrected chi connectivity index (χ4v) is 1.92. The first kappa shape index (κ1) is 11.6. The van der Waals surface area contributed by atoms with Crippen LogP contribution in [0.3, 0.4) is 0 Å². The number of nitrogens with one attached hydrogen (secondary N) is 1. The standard InChI is InChI=1S/C12H15N3O2/c1-12(2)11(17)15(8-10(16)14-12)7-9-4-3-5-13-6-9/h3-6H,7-8H2,1-2H3,(H,14,16). The van der Waals surface area contributed by atoms with E-state index in [1.165, 1.54) is 0 Å². The second-order valence-corrected chi connectivity index (χ2v) is 4.70. The quantitative estimate of drug-likeness (QED) is 0.800. The zero-order valence-corrected chi connectivity index (χ0v) is 9.93. The Morgan fingerprint density at radius 3 is 2.88 bits per heavy atom. The fraction of sp³-hybridized carbons (Fsp3) is 0.417. The minimum absolute atomic E-state index is 0.0686.